The van der Waals surface area contributed by atoms with Crippen molar-refractivity contribution in [3.05, 3.63) is 30.3 Å². The van der Waals surface area contributed by atoms with Crippen molar-refractivity contribution >= 4 is 18.0 Å². The van der Waals surface area contributed by atoms with E-state index in [0.717, 1.165) is 37.8 Å². The van der Waals surface area contributed by atoms with Gasteiger partial charge in [0.15, 0.2) is 5.76 Å². The van der Waals surface area contributed by atoms with Crippen molar-refractivity contribution in [3.8, 4) is 0 Å². The Morgan fingerprint density at radius 2 is 2.11 bits per heavy atom. The highest BCUT2D eigenvalue weighted by Crippen LogP contribution is 2.20. The van der Waals surface area contributed by atoms with Crippen LogP contribution in [0.4, 0.5) is 5.95 Å². The van der Waals surface area contributed by atoms with Crippen LogP contribution in [0.2, 0.25) is 0 Å². The topological polar surface area (TPSA) is 55.3 Å². The smallest absolute Gasteiger partial charge is 0.225 e. The summed E-state index contributed by atoms with van der Waals surface area (Å²) in [6, 6.07) is 0. The van der Waals surface area contributed by atoms with E-state index in [2.05, 4.69) is 27.2 Å². The standard InChI is InChI=1S/C14H17N3O2/c1-3-13(19-2)12-8-15-14(16-9-12)17-6-4-11(10-18)5-7-17/h8-11H,1,4-7H2,2H3. The largest absolute Gasteiger partial charge is 0.489 e. The lowest BCUT2D eigenvalue weighted by Crippen LogP contribution is -2.35. The van der Waals surface area contributed by atoms with Gasteiger partial charge in [0.25, 0.3) is 0 Å². The molecule has 2 rings (SSSR count). The predicted molar refractivity (Wildman–Crippen MR) is 72.6 cm³/mol. The average molecular weight is 259 g/mol. The molecular formula is C14H17N3O2. The first kappa shape index (κ1) is 13.3. The van der Waals surface area contributed by atoms with Crippen molar-refractivity contribution in [2.45, 2.75) is 12.8 Å². The van der Waals surface area contributed by atoms with E-state index in [9.17, 15) is 4.79 Å². The summed E-state index contributed by atoms with van der Waals surface area (Å²) in [6.07, 6.45) is 6.17. The summed E-state index contributed by atoms with van der Waals surface area (Å²) >= 11 is 0. The molecule has 0 atom stereocenters. The van der Waals surface area contributed by atoms with Crippen LogP contribution >= 0.6 is 0 Å². The summed E-state index contributed by atoms with van der Waals surface area (Å²) in [5.74, 6) is 1.40. The number of rotatable bonds is 4. The van der Waals surface area contributed by atoms with E-state index in [0.29, 0.717) is 11.7 Å². The number of hydrogen-bond acceptors (Lipinski definition) is 5. The maximum Gasteiger partial charge on any atom is 0.225 e. The molecule has 1 aliphatic heterocycles. The van der Waals surface area contributed by atoms with Crippen LogP contribution in [0.3, 0.4) is 0 Å². The van der Waals surface area contributed by atoms with E-state index in [1.54, 1.807) is 19.5 Å². The first-order valence-electron chi connectivity index (χ1n) is 6.25. The molecule has 5 nitrogen and oxygen atoms in total. The quantitative estimate of drug-likeness (QED) is 0.467. The van der Waals surface area contributed by atoms with Crippen molar-refractivity contribution in [3.63, 3.8) is 0 Å². The van der Waals surface area contributed by atoms with Crippen LogP contribution in [0.15, 0.2) is 24.7 Å². The Morgan fingerprint density at radius 1 is 1.47 bits per heavy atom. The maximum absolute atomic E-state index is 10.7. The number of aromatic nitrogens is 2. The van der Waals surface area contributed by atoms with Crippen LogP contribution in [0.1, 0.15) is 18.4 Å². The summed E-state index contributed by atoms with van der Waals surface area (Å²) in [5.41, 5.74) is 3.45. The molecular weight excluding hydrogens is 242 g/mol. The summed E-state index contributed by atoms with van der Waals surface area (Å²) in [6.45, 7) is 5.19. The molecule has 1 aliphatic rings. The van der Waals surface area contributed by atoms with Gasteiger partial charge in [-0.05, 0) is 12.8 Å². The molecule has 0 spiro atoms. The fourth-order valence-electron chi connectivity index (χ4n) is 2.13. The van der Waals surface area contributed by atoms with E-state index < -0.39 is 0 Å². The second-order valence-electron chi connectivity index (χ2n) is 4.44. The summed E-state index contributed by atoms with van der Waals surface area (Å²) in [5, 5.41) is 0. The minimum Gasteiger partial charge on any atom is -0.489 e. The van der Waals surface area contributed by atoms with Gasteiger partial charge in [0.1, 0.15) is 6.29 Å². The van der Waals surface area contributed by atoms with Gasteiger partial charge >= 0.3 is 0 Å². The first-order valence-corrected chi connectivity index (χ1v) is 6.25. The number of hydrogen-bond donors (Lipinski definition) is 0. The lowest BCUT2D eigenvalue weighted by atomic mass is 9.99. The molecule has 0 aromatic carbocycles. The number of nitrogens with zero attached hydrogens (tertiary/aromatic N) is 3. The van der Waals surface area contributed by atoms with Crippen LogP contribution < -0.4 is 4.90 Å². The highest BCUT2D eigenvalue weighted by molar-refractivity contribution is 5.57. The van der Waals surface area contributed by atoms with E-state index in [1.807, 2.05) is 0 Å². The third kappa shape index (κ3) is 3.01. The minimum absolute atomic E-state index is 0.180. The summed E-state index contributed by atoms with van der Waals surface area (Å²) in [4.78, 5) is 21.5. The minimum atomic E-state index is 0.180. The van der Waals surface area contributed by atoms with E-state index in [-0.39, 0.29) is 5.92 Å². The van der Waals surface area contributed by atoms with Crippen LogP contribution in [0.25, 0.3) is 5.76 Å². The third-order valence-corrected chi connectivity index (χ3v) is 3.28. The van der Waals surface area contributed by atoms with Gasteiger partial charge in [0, 0.05) is 31.4 Å². The fourth-order valence-corrected chi connectivity index (χ4v) is 2.13. The van der Waals surface area contributed by atoms with Crippen molar-refractivity contribution in [2.24, 2.45) is 5.92 Å². The number of ether oxygens (including phenoxy) is 1. The van der Waals surface area contributed by atoms with Gasteiger partial charge < -0.3 is 14.4 Å². The number of aldehydes is 1. The van der Waals surface area contributed by atoms with Crippen molar-refractivity contribution < 1.29 is 9.53 Å². The number of carbonyl (C=O) groups excluding carboxylic acids is 1. The highest BCUT2D eigenvalue weighted by Gasteiger charge is 2.20. The monoisotopic (exact) mass is 259 g/mol. The number of methoxy groups -OCH3 is 1. The third-order valence-electron chi connectivity index (χ3n) is 3.28. The molecule has 1 saturated heterocycles. The van der Waals surface area contributed by atoms with Gasteiger partial charge in [-0.25, -0.2) is 9.97 Å². The Bertz CT molecular complexity index is 484. The molecule has 0 saturated carbocycles. The molecule has 5 heteroatoms. The van der Waals surface area contributed by atoms with E-state index in [1.165, 1.54) is 0 Å². The Kier molecular flexibility index (Phi) is 4.31. The Labute approximate surface area is 112 Å². The number of carbonyl (C=O) groups is 1. The normalized spacial score (nSPS) is 15.7. The second kappa shape index (κ2) is 6.16. The molecule has 0 amide bonds. The Morgan fingerprint density at radius 3 is 2.58 bits per heavy atom. The molecule has 0 radical (unpaired) electrons. The molecule has 1 aromatic heterocycles. The second-order valence-corrected chi connectivity index (χ2v) is 4.44. The first-order chi connectivity index (χ1) is 9.28. The molecule has 1 fully saturated rings. The SMILES string of the molecule is C=C=C(OC)c1cnc(N2CCC(C=O)CC2)nc1. The maximum atomic E-state index is 10.7. The highest BCUT2D eigenvalue weighted by atomic mass is 16.5. The Hall–Kier alpha value is -2.13. The molecule has 0 bridgehead atoms. The number of anilines is 1. The molecule has 0 aliphatic carbocycles. The van der Waals surface area contributed by atoms with Gasteiger partial charge in [-0.1, -0.05) is 12.3 Å². The van der Waals surface area contributed by atoms with Crippen LogP contribution in [-0.4, -0.2) is 36.5 Å². The molecule has 2 heterocycles. The average Bonchev–Trinajstić information content (AvgIpc) is 2.49. The zero-order valence-electron chi connectivity index (χ0n) is 11.0. The van der Waals surface area contributed by atoms with Gasteiger partial charge in [0.2, 0.25) is 5.95 Å². The summed E-state index contributed by atoms with van der Waals surface area (Å²) < 4.78 is 5.11. The van der Waals surface area contributed by atoms with Crippen LogP contribution in [0, 0.1) is 5.92 Å². The van der Waals surface area contributed by atoms with Crippen molar-refractivity contribution in [2.75, 3.05) is 25.1 Å². The van der Waals surface area contributed by atoms with Gasteiger partial charge in [-0.3, -0.25) is 0 Å². The molecule has 19 heavy (non-hydrogen) atoms. The van der Waals surface area contributed by atoms with Gasteiger partial charge in [0.05, 0.1) is 12.7 Å². The molecule has 100 valence electrons. The van der Waals surface area contributed by atoms with Gasteiger partial charge in [-0.2, -0.15) is 0 Å². The molecule has 1 aromatic rings. The lowest BCUT2D eigenvalue weighted by Gasteiger charge is -2.29. The molecule has 0 N–H and O–H groups in total. The predicted octanol–water partition coefficient (Wildman–Crippen LogP) is 1.66. The fraction of sp³-hybridized carbons (Fsp3) is 0.429. The van der Waals surface area contributed by atoms with Crippen molar-refractivity contribution in [1.82, 2.24) is 9.97 Å². The summed E-state index contributed by atoms with van der Waals surface area (Å²) in [7, 11) is 1.56. The van der Waals surface area contributed by atoms with Crippen LogP contribution in [0.5, 0.6) is 0 Å². The zero-order chi connectivity index (χ0) is 13.7. The van der Waals surface area contributed by atoms with E-state index >= 15 is 0 Å². The van der Waals surface area contributed by atoms with Crippen LogP contribution in [-0.2, 0) is 9.53 Å². The zero-order valence-corrected chi connectivity index (χ0v) is 11.0. The van der Waals surface area contributed by atoms with Crippen molar-refractivity contribution in [1.29, 1.82) is 0 Å². The molecule has 0 unspecified atom stereocenters. The van der Waals surface area contributed by atoms with E-state index in [4.69, 9.17) is 4.74 Å². The van der Waals surface area contributed by atoms with Gasteiger partial charge in [-0.15, -0.1) is 0 Å². The lowest BCUT2D eigenvalue weighted by molar-refractivity contribution is -0.111. The number of piperidine rings is 1. The Balaban J connectivity index is 2.07.